The Morgan fingerprint density at radius 1 is 0.700 bits per heavy atom. The van der Waals surface area contributed by atoms with E-state index >= 15 is 0 Å². The van der Waals surface area contributed by atoms with Crippen LogP contribution in [0.3, 0.4) is 0 Å². The quantitative estimate of drug-likeness (QED) is 0.156. The van der Waals surface area contributed by atoms with Gasteiger partial charge in [-0.25, -0.2) is 36.2 Å². The van der Waals surface area contributed by atoms with Gasteiger partial charge in [0.2, 0.25) is 31.8 Å². The highest BCUT2D eigenvalue weighted by molar-refractivity contribution is 7.90. The van der Waals surface area contributed by atoms with E-state index in [0.717, 1.165) is 0 Å². The summed E-state index contributed by atoms with van der Waals surface area (Å²) < 4.78 is 63.0. The van der Waals surface area contributed by atoms with Gasteiger partial charge in [0.15, 0.2) is 0 Å². The molecule has 14 nitrogen and oxygen atoms in total. The van der Waals surface area contributed by atoms with E-state index in [1.54, 1.807) is 12.4 Å². The second-order valence-electron chi connectivity index (χ2n) is 11.9. The van der Waals surface area contributed by atoms with Crippen molar-refractivity contribution in [3.8, 4) is 45.4 Å². The number of sulfonamides is 2. The molecule has 0 amide bonds. The van der Waals surface area contributed by atoms with Crippen molar-refractivity contribution in [2.24, 2.45) is 0 Å². The van der Waals surface area contributed by atoms with E-state index in [1.807, 2.05) is 36.4 Å². The van der Waals surface area contributed by atoms with Gasteiger partial charge in [-0.3, -0.25) is 9.97 Å². The summed E-state index contributed by atoms with van der Waals surface area (Å²) in [5, 5.41) is 7.27. The van der Waals surface area contributed by atoms with Crippen LogP contribution in [0.4, 0.5) is 0 Å². The lowest BCUT2D eigenvalue weighted by atomic mass is 9.98. The van der Waals surface area contributed by atoms with Gasteiger partial charge in [0.05, 0.1) is 59.6 Å². The van der Waals surface area contributed by atoms with Crippen LogP contribution < -0.4 is 29.6 Å². The van der Waals surface area contributed by atoms with Crippen LogP contribution in [0.25, 0.3) is 33.6 Å². The summed E-state index contributed by atoms with van der Waals surface area (Å²) in [5.74, 6) is 0.882. The van der Waals surface area contributed by atoms with E-state index < -0.39 is 20.0 Å². The number of benzene rings is 2. The minimum atomic E-state index is -3.19. The molecule has 2 aliphatic heterocycles. The minimum Gasteiger partial charge on any atom is -0.480 e. The summed E-state index contributed by atoms with van der Waals surface area (Å²) >= 11 is 14.0. The molecule has 0 unspecified atom stereocenters. The Kier molecular flexibility index (Phi) is 11.2. The zero-order valence-electron chi connectivity index (χ0n) is 27.2. The molecule has 2 aromatic heterocycles. The average Bonchev–Trinajstić information content (AvgIpc) is 3.64. The first kappa shape index (κ1) is 36.3. The Labute approximate surface area is 300 Å². The fraction of sp³-hybridized carbons (Fsp3) is 0.375. The number of hydrogen-bond donors (Lipinski definition) is 4. The van der Waals surface area contributed by atoms with Crippen LogP contribution in [0.2, 0.25) is 10.0 Å². The van der Waals surface area contributed by atoms with E-state index in [-0.39, 0.29) is 23.6 Å². The van der Waals surface area contributed by atoms with Gasteiger partial charge in [0.1, 0.15) is 11.4 Å². The third-order valence-electron chi connectivity index (χ3n) is 8.38. The van der Waals surface area contributed by atoms with Crippen molar-refractivity contribution in [2.45, 2.75) is 38.0 Å². The highest BCUT2D eigenvalue weighted by Crippen LogP contribution is 2.42. The SMILES string of the molecule is COc1nc(-c2cccc(-c3cccc(-c4cnc(CNC[C@H]5CCS(=O)(=O)N5)c(OC)n4)c3Cl)c2Cl)cnc1CNC[C@H]1CCS(=O)(=O)N1. The Bertz CT molecular complexity index is 1960. The number of halogens is 2. The number of nitrogens with one attached hydrogen (secondary N) is 4. The number of methoxy groups -OCH3 is 2. The molecule has 18 heteroatoms. The van der Waals surface area contributed by atoms with Gasteiger partial charge in [-0.2, -0.15) is 0 Å². The van der Waals surface area contributed by atoms with Crippen molar-refractivity contribution < 1.29 is 26.3 Å². The van der Waals surface area contributed by atoms with Gasteiger partial charge in [0, 0.05) is 60.5 Å². The van der Waals surface area contributed by atoms with E-state index in [4.69, 9.17) is 32.7 Å². The fourth-order valence-electron chi connectivity index (χ4n) is 5.85. The molecular weight excluding hydrogens is 727 g/mol. The van der Waals surface area contributed by atoms with Gasteiger partial charge in [0.25, 0.3) is 0 Å². The Morgan fingerprint density at radius 3 is 1.46 bits per heavy atom. The van der Waals surface area contributed by atoms with Crippen molar-refractivity contribution >= 4 is 43.2 Å². The van der Waals surface area contributed by atoms with Crippen LogP contribution in [0.15, 0.2) is 48.8 Å². The zero-order chi connectivity index (χ0) is 35.5. The molecule has 6 rings (SSSR count). The largest absolute Gasteiger partial charge is 0.480 e. The summed E-state index contributed by atoms with van der Waals surface area (Å²) in [5.41, 5.74) is 4.73. The molecule has 0 aliphatic carbocycles. The van der Waals surface area contributed by atoms with Crippen LogP contribution >= 0.6 is 23.2 Å². The average molecular weight is 764 g/mol. The standard InChI is InChI=1S/C32H36Cl2N8O6S2/c1-47-31-27(15-35-13-19-9-11-49(43,44)41-19)37-17-25(39-31)23-7-3-5-21(29(23)33)22-6-4-8-24(30(22)34)26-18-38-28(32(40-26)48-2)16-36-14-20-10-12-50(45,46)42-20/h3-8,17-20,35-36,41-42H,9-16H2,1-2H3/t19-,20-/m1/s1. The summed E-state index contributed by atoms with van der Waals surface area (Å²) in [6.07, 6.45) is 4.32. The third kappa shape index (κ3) is 8.35. The van der Waals surface area contributed by atoms with Crippen LogP contribution in [-0.2, 0) is 33.1 Å². The smallest absolute Gasteiger partial charge is 0.237 e. The number of aromatic nitrogens is 4. The lowest BCUT2D eigenvalue weighted by Gasteiger charge is -2.15. The molecule has 2 fully saturated rings. The Morgan fingerprint density at radius 2 is 1.10 bits per heavy atom. The summed E-state index contributed by atoms with van der Waals surface area (Å²) in [6.45, 7) is 1.57. The lowest BCUT2D eigenvalue weighted by Crippen LogP contribution is -2.35. The van der Waals surface area contributed by atoms with Gasteiger partial charge in [-0.05, 0) is 12.8 Å². The van der Waals surface area contributed by atoms with Gasteiger partial charge >= 0.3 is 0 Å². The Balaban J connectivity index is 1.19. The molecule has 0 spiro atoms. The third-order valence-corrected chi connectivity index (χ3v) is 12.1. The molecular formula is C32H36Cl2N8O6S2. The predicted octanol–water partition coefficient (Wildman–Crippen LogP) is 3.15. The van der Waals surface area contributed by atoms with Crippen molar-refractivity contribution in [2.75, 3.05) is 38.8 Å². The second-order valence-corrected chi connectivity index (χ2v) is 16.4. The molecule has 2 atom stereocenters. The van der Waals surface area contributed by atoms with Crippen LogP contribution in [0, 0.1) is 0 Å². The van der Waals surface area contributed by atoms with E-state index in [2.05, 4.69) is 40.0 Å². The molecule has 0 radical (unpaired) electrons. The highest BCUT2D eigenvalue weighted by atomic mass is 35.5. The molecule has 4 N–H and O–H groups in total. The van der Waals surface area contributed by atoms with E-state index in [9.17, 15) is 16.8 Å². The number of rotatable bonds is 13. The van der Waals surface area contributed by atoms with Crippen molar-refractivity contribution in [1.82, 2.24) is 40.0 Å². The molecule has 4 aromatic rings. The van der Waals surface area contributed by atoms with Crippen molar-refractivity contribution in [1.29, 1.82) is 0 Å². The predicted molar refractivity (Wildman–Crippen MR) is 191 cm³/mol. The topological polar surface area (TPSA) is 186 Å². The fourth-order valence-corrected chi connectivity index (χ4v) is 9.35. The monoisotopic (exact) mass is 762 g/mol. The van der Waals surface area contributed by atoms with E-state index in [1.165, 1.54) is 14.2 Å². The van der Waals surface area contributed by atoms with Crippen molar-refractivity contribution in [3.63, 3.8) is 0 Å². The molecule has 2 saturated heterocycles. The molecule has 4 heterocycles. The Hall–Kier alpha value is -3.48. The molecule has 0 bridgehead atoms. The number of ether oxygens (including phenoxy) is 2. The first-order valence-corrected chi connectivity index (χ1v) is 19.8. The maximum Gasteiger partial charge on any atom is 0.237 e. The normalized spacial score (nSPS) is 19.4. The second kappa shape index (κ2) is 15.4. The highest BCUT2D eigenvalue weighted by Gasteiger charge is 2.27. The summed E-state index contributed by atoms with van der Waals surface area (Å²) in [7, 11) is -3.36. The zero-order valence-corrected chi connectivity index (χ0v) is 30.4. The maximum absolute atomic E-state index is 11.7. The first-order valence-electron chi connectivity index (χ1n) is 15.8. The molecule has 2 aliphatic rings. The number of hydrogen-bond acceptors (Lipinski definition) is 12. The minimum absolute atomic E-state index is 0.124. The lowest BCUT2D eigenvalue weighted by molar-refractivity contribution is 0.386. The molecule has 266 valence electrons. The molecule has 50 heavy (non-hydrogen) atoms. The molecule has 0 saturated carbocycles. The van der Waals surface area contributed by atoms with Crippen LogP contribution in [-0.4, -0.2) is 87.7 Å². The van der Waals surface area contributed by atoms with Gasteiger partial charge in [-0.15, -0.1) is 0 Å². The van der Waals surface area contributed by atoms with Crippen LogP contribution in [0.1, 0.15) is 24.2 Å². The summed E-state index contributed by atoms with van der Waals surface area (Å²) in [6, 6.07) is 10.8. The maximum atomic E-state index is 11.7. The van der Waals surface area contributed by atoms with Gasteiger partial charge in [-0.1, -0.05) is 59.6 Å². The van der Waals surface area contributed by atoms with Gasteiger partial charge < -0.3 is 20.1 Å². The summed E-state index contributed by atoms with van der Waals surface area (Å²) in [4.78, 5) is 18.5. The molecule has 2 aromatic carbocycles. The number of nitrogens with zero attached hydrogens (tertiary/aromatic N) is 4. The van der Waals surface area contributed by atoms with Crippen LogP contribution in [0.5, 0.6) is 11.8 Å². The first-order chi connectivity index (χ1) is 24.0. The van der Waals surface area contributed by atoms with E-state index in [0.29, 0.717) is 106 Å². The van der Waals surface area contributed by atoms with Crippen molar-refractivity contribution in [3.05, 3.63) is 70.2 Å².